The average Bonchev–Trinajstić information content (AvgIpc) is 2.68. The zero-order chi connectivity index (χ0) is 10.8. The van der Waals surface area contributed by atoms with Crippen LogP contribution in [0.15, 0.2) is 28.7 Å². The van der Waals surface area contributed by atoms with E-state index in [0.29, 0.717) is 5.92 Å². The van der Waals surface area contributed by atoms with Gasteiger partial charge in [-0.15, -0.1) is 0 Å². The second-order valence-electron chi connectivity index (χ2n) is 4.10. The molecule has 1 aromatic carbocycles. The van der Waals surface area contributed by atoms with Crippen LogP contribution >= 0.6 is 15.9 Å². The largest absolute Gasteiger partial charge is 0.481 e. The number of carbonyl (C=O) groups is 1. The normalized spacial score (nSPS) is 25.4. The molecule has 1 aliphatic rings. The smallest absolute Gasteiger partial charge is 0.306 e. The van der Waals surface area contributed by atoms with E-state index in [9.17, 15) is 4.79 Å². The Hall–Kier alpha value is -0.830. The minimum Gasteiger partial charge on any atom is -0.481 e. The molecule has 2 atom stereocenters. The Morgan fingerprint density at radius 1 is 1.27 bits per heavy atom. The van der Waals surface area contributed by atoms with Crippen LogP contribution in [0.5, 0.6) is 0 Å². The molecule has 1 aliphatic carbocycles. The van der Waals surface area contributed by atoms with Crippen molar-refractivity contribution in [3.63, 3.8) is 0 Å². The van der Waals surface area contributed by atoms with Crippen molar-refractivity contribution in [2.24, 2.45) is 5.92 Å². The van der Waals surface area contributed by atoms with Gasteiger partial charge in [0.05, 0.1) is 5.92 Å². The number of hydrogen-bond acceptors (Lipinski definition) is 1. The van der Waals surface area contributed by atoms with Crippen LogP contribution in [0.3, 0.4) is 0 Å². The highest BCUT2D eigenvalue weighted by molar-refractivity contribution is 9.10. The van der Waals surface area contributed by atoms with Crippen LogP contribution in [0.2, 0.25) is 0 Å². The zero-order valence-corrected chi connectivity index (χ0v) is 9.90. The summed E-state index contributed by atoms with van der Waals surface area (Å²) in [6, 6.07) is 8.20. The summed E-state index contributed by atoms with van der Waals surface area (Å²) < 4.78 is 1.07. The lowest BCUT2D eigenvalue weighted by molar-refractivity contribution is -0.141. The second kappa shape index (κ2) is 4.35. The van der Waals surface area contributed by atoms with E-state index in [1.807, 2.05) is 12.1 Å². The molecule has 1 unspecified atom stereocenters. The number of carboxylic acid groups (broad SMARTS) is 1. The summed E-state index contributed by atoms with van der Waals surface area (Å²) in [5.74, 6) is -0.354. The zero-order valence-electron chi connectivity index (χ0n) is 8.32. The van der Waals surface area contributed by atoms with E-state index in [2.05, 4.69) is 28.1 Å². The van der Waals surface area contributed by atoms with E-state index >= 15 is 0 Å². The number of rotatable bonds is 2. The maximum Gasteiger partial charge on any atom is 0.306 e. The van der Waals surface area contributed by atoms with Crippen LogP contribution in [0.25, 0.3) is 0 Å². The third-order valence-electron chi connectivity index (χ3n) is 3.12. The fourth-order valence-corrected chi connectivity index (χ4v) is 2.51. The first-order chi connectivity index (χ1) is 7.16. The Balaban J connectivity index is 2.07. The molecule has 0 spiro atoms. The van der Waals surface area contributed by atoms with Crippen molar-refractivity contribution in [3.8, 4) is 0 Å². The number of halogens is 1. The minimum atomic E-state index is -0.644. The fourth-order valence-electron chi connectivity index (χ4n) is 2.24. The summed E-state index contributed by atoms with van der Waals surface area (Å²) in [7, 11) is 0. The van der Waals surface area contributed by atoms with Crippen LogP contribution < -0.4 is 0 Å². The SMILES string of the molecule is O=C(O)C1CC[C@H](c2ccc(Br)cc2)C1. The molecule has 0 aliphatic heterocycles. The van der Waals surface area contributed by atoms with E-state index < -0.39 is 5.97 Å². The van der Waals surface area contributed by atoms with Gasteiger partial charge in [0.1, 0.15) is 0 Å². The maximum atomic E-state index is 10.8. The Morgan fingerprint density at radius 3 is 2.47 bits per heavy atom. The monoisotopic (exact) mass is 268 g/mol. The lowest BCUT2D eigenvalue weighted by atomic mass is 9.96. The molecular formula is C12H13BrO2. The van der Waals surface area contributed by atoms with E-state index in [4.69, 9.17) is 5.11 Å². The van der Waals surface area contributed by atoms with Crippen molar-refractivity contribution < 1.29 is 9.90 Å². The Labute approximate surface area is 97.4 Å². The molecule has 0 aromatic heterocycles. The molecule has 0 amide bonds. The topological polar surface area (TPSA) is 37.3 Å². The van der Waals surface area contributed by atoms with Gasteiger partial charge in [0.25, 0.3) is 0 Å². The van der Waals surface area contributed by atoms with Gasteiger partial charge in [-0.3, -0.25) is 4.79 Å². The van der Waals surface area contributed by atoms with Crippen LogP contribution in [0.4, 0.5) is 0 Å². The Morgan fingerprint density at radius 2 is 1.93 bits per heavy atom. The number of carboxylic acids is 1. The summed E-state index contributed by atoms with van der Waals surface area (Å²) in [6.45, 7) is 0. The molecule has 2 rings (SSSR count). The molecular weight excluding hydrogens is 256 g/mol. The summed E-state index contributed by atoms with van der Waals surface area (Å²) in [6.07, 6.45) is 2.60. The summed E-state index contributed by atoms with van der Waals surface area (Å²) in [5, 5.41) is 8.91. The van der Waals surface area contributed by atoms with E-state index in [-0.39, 0.29) is 5.92 Å². The molecule has 1 aromatic rings. The minimum absolute atomic E-state index is 0.140. The van der Waals surface area contributed by atoms with Gasteiger partial charge in [-0.05, 0) is 42.9 Å². The maximum absolute atomic E-state index is 10.8. The first-order valence-corrected chi connectivity index (χ1v) is 5.94. The summed E-state index contributed by atoms with van der Waals surface area (Å²) >= 11 is 3.39. The van der Waals surface area contributed by atoms with Gasteiger partial charge < -0.3 is 5.11 Å². The van der Waals surface area contributed by atoms with Crippen LogP contribution in [0, 0.1) is 5.92 Å². The average molecular weight is 269 g/mol. The number of hydrogen-bond donors (Lipinski definition) is 1. The molecule has 1 fully saturated rings. The van der Waals surface area contributed by atoms with Gasteiger partial charge in [0.15, 0.2) is 0 Å². The van der Waals surface area contributed by atoms with E-state index in [0.717, 1.165) is 23.7 Å². The highest BCUT2D eigenvalue weighted by atomic mass is 79.9. The van der Waals surface area contributed by atoms with Crippen LogP contribution in [-0.4, -0.2) is 11.1 Å². The number of aliphatic carboxylic acids is 1. The third kappa shape index (κ3) is 2.40. The van der Waals surface area contributed by atoms with Crippen molar-refractivity contribution in [2.75, 3.05) is 0 Å². The van der Waals surface area contributed by atoms with Crippen molar-refractivity contribution in [2.45, 2.75) is 25.2 Å². The molecule has 0 heterocycles. The molecule has 1 saturated carbocycles. The second-order valence-corrected chi connectivity index (χ2v) is 5.01. The highest BCUT2D eigenvalue weighted by Crippen LogP contribution is 2.38. The van der Waals surface area contributed by atoms with Crippen LogP contribution in [-0.2, 0) is 4.79 Å². The van der Waals surface area contributed by atoms with Crippen molar-refractivity contribution in [1.29, 1.82) is 0 Å². The Bertz CT molecular complexity index is 358. The van der Waals surface area contributed by atoms with Crippen molar-refractivity contribution in [1.82, 2.24) is 0 Å². The van der Waals surface area contributed by atoms with E-state index in [1.165, 1.54) is 5.56 Å². The molecule has 2 nitrogen and oxygen atoms in total. The molecule has 3 heteroatoms. The molecule has 15 heavy (non-hydrogen) atoms. The predicted molar refractivity (Wildman–Crippen MR) is 61.9 cm³/mol. The van der Waals surface area contributed by atoms with E-state index in [1.54, 1.807) is 0 Å². The molecule has 80 valence electrons. The van der Waals surface area contributed by atoms with Crippen molar-refractivity contribution in [3.05, 3.63) is 34.3 Å². The van der Waals surface area contributed by atoms with Gasteiger partial charge in [-0.1, -0.05) is 28.1 Å². The predicted octanol–water partition coefficient (Wildman–Crippen LogP) is 3.42. The quantitative estimate of drug-likeness (QED) is 0.893. The number of benzene rings is 1. The summed E-state index contributed by atoms with van der Waals surface area (Å²) in [5.41, 5.74) is 1.27. The molecule has 0 bridgehead atoms. The summed E-state index contributed by atoms with van der Waals surface area (Å²) in [4.78, 5) is 10.8. The molecule has 0 saturated heterocycles. The molecule has 0 radical (unpaired) electrons. The van der Waals surface area contributed by atoms with Gasteiger partial charge in [0, 0.05) is 4.47 Å². The van der Waals surface area contributed by atoms with Crippen LogP contribution in [0.1, 0.15) is 30.7 Å². The van der Waals surface area contributed by atoms with Crippen molar-refractivity contribution >= 4 is 21.9 Å². The highest BCUT2D eigenvalue weighted by Gasteiger charge is 2.30. The standard InChI is InChI=1S/C12H13BrO2/c13-11-5-3-8(4-6-11)9-1-2-10(7-9)12(14)15/h3-6,9-10H,1-2,7H2,(H,14,15)/t9-,10?/m0/s1. The Kier molecular flexibility index (Phi) is 3.10. The van der Waals surface area contributed by atoms with Gasteiger partial charge in [0.2, 0.25) is 0 Å². The third-order valence-corrected chi connectivity index (χ3v) is 3.65. The lowest BCUT2D eigenvalue weighted by Gasteiger charge is -2.09. The lowest BCUT2D eigenvalue weighted by Crippen LogP contribution is -2.09. The van der Waals surface area contributed by atoms with Gasteiger partial charge in [-0.2, -0.15) is 0 Å². The first-order valence-electron chi connectivity index (χ1n) is 5.15. The first kappa shape index (κ1) is 10.7. The van der Waals surface area contributed by atoms with Gasteiger partial charge >= 0.3 is 5.97 Å². The van der Waals surface area contributed by atoms with Gasteiger partial charge in [-0.25, -0.2) is 0 Å². The molecule has 1 N–H and O–H groups in total. The fraction of sp³-hybridized carbons (Fsp3) is 0.417.